The molecule has 0 saturated carbocycles. The molecule has 57 heavy (non-hydrogen) atoms. The van der Waals surface area contributed by atoms with Gasteiger partial charge in [0, 0.05) is 58.4 Å². The summed E-state index contributed by atoms with van der Waals surface area (Å²) in [5, 5.41) is 7.34. The summed E-state index contributed by atoms with van der Waals surface area (Å²) in [6.07, 6.45) is 0. The van der Waals surface area contributed by atoms with E-state index in [0.717, 1.165) is 50.5 Å². The number of fused-ring (bicyclic) bond motifs is 9. The van der Waals surface area contributed by atoms with Crippen molar-refractivity contribution in [3.8, 4) is 45.3 Å². The minimum absolute atomic E-state index is 0.695. The topological polar surface area (TPSA) is 35.6 Å². The molecule has 0 saturated heterocycles. The van der Waals surface area contributed by atoms with Crippen LogP contribution >= 0.6 is 11.3 Å². The van der Waals surface area contributed by atoms with Crippen LogP contribution in [0.4, 0.5) is 0 Å². The Balaban J connectivity index is 1.31. The number of hydrogen-bond donors (Lipinski definition) is 0. The molecule has 5 heteroatoms. The lowest BCUT2D eigenvalue weighted by Crippen LogP contribution is -2.04. The van der Waals surface area contributed by atoms with E-state index >= 15 is 0 Å². The van der Waals surface area contributed by atoms with Gasteiger partial charge in [0.05, 0.1) is 44.8 Å². The number of thiophene rings is 1. The number of hydrogen-bond acceptors (Lipinski definition) is 3. The highest BCUT2D eigenvalue weighted by atomic mass is 32.1. The fraction of sp³-hybridized carbons (Fsp3) is 0. The lowest BCUT2D eigenvalue weighted by atomic mass is 10.00. The Hall–Kier alpha value is -7.34. The second-order valence-electron chi connectivity index (χ2n) is 14.5. The third-order valence-electron chi connectivity index (χ3n) is 11.3. The maximum Gasteiger partial charge on any atom is 0.160 e. The van der Waals surface area contributed by atoms with Crippen LogP contribution in [-0.2, 0) is 0 Å². The van der Waals surface area contributed by atoms with Gasteiger partial charge in [-0.3, -0.25) is 0 Å². The fourth-order valence-corrected chi connectivity index (χ4v) is 10.2. The zero-order valence-corrected chi connectivity index (χ0v) is 31.5. The van der Waals surface area contributed by atoms with Gasteiger partial charge in [0.1, 0.15) is 0 Å². The first-order valence-corrected chi connectivity index (χ1v) is 20.1. The van der Waals surface area contributed by atoms with Gasteiger partial charge in [0.2, 0.25) is 0 Å². The molecule has 0 amide bonds. The van der Waals surface area contributed by atoms with Crippen molar-refractivity contribution in [2.75, 3.05) is 0 Å². The Morgan fingerprint density at radius 3 is 1.37 bits per heavy atom. The Kier molecular flexibility index (Phi) is 7.06. The number of aromatic nitrogens is 4. The molecule has 4 nitrogen and oxygen atoms in total. The van der Waals surface area contributed by atoms with Crippen LogP contribution in [0.1, 0.15) is 0 Å². The van der Waals surface area contributed by atoms with E-state index in [1.807, 2.05) is 17.4 Å². The summed E-state index contributed by atoms with van der Waals surface area (Å²) < 4.78 is 7.37. The summed E-state index contributed by atoms with van der Waals surface area (Å²) in [7, 11) is 0. The predicted octanol–water partition coefficient (Wildman–Crippen LogP) is 14.0. The Bertz CT molecular complexity index is 3360. The number of para-hydroxylation sites is 4. The van der Waals surface area contributed by atoms with Crippen molar-refractivity contribution in [3.05, 3.63) is 194 Å². The third-order valence-corrected chi connectivity index (χ3v) is 12.5. The molecule has 0 bridgehead atoms. The van der Waals surface area contributed by atoms with E-state index in [1.54, 1.807) is 0 Å². The smallest absolute Gasteiger partial charge is 0.160 e. The van der Waals surface area contributed by atoms with E-state index in [9.17, 15) is 0 Å². The summed E-state index contributed by atoms with van der Waals surface area (Å²) >= 11 is 1.84. The summed E-state index contributed by atoms with van der Waals surface area (Å²) in [6.45, 7) is 0. The molecule has 0 N–H and O–H groups in total. The molecule has 266 valence electrons. The Morgan fingerprint density at radius 1 is 0.368 bits per heavy atom. The molecule has 0 atom stereocenters. The summed E-state index contributed by atoms with van der Waals surface area (Å²) in [6, 6.07) is 69.5. The van der Waals surface area contributed by atoms with Crippen molar-refractivity contribution in [2.24, 2.45) is 0 Å². The molecule has 12 aromatic rings. The second-order valence-corrected chi connectivity index (χ2v) is 15.6. The van der Waals surface area contributed by atoms with Gasteiger partial charge >= 0.3 is 0 Å². The van der Waals surface area contributed by atoms with E-state index < -0.39 is 0 Å². The van der Waals surface area contributed by atoms with Crippen molar-refractivity contribution < 1.29 is 0 Å². The van der Waals surface area contributed by atoms with E-state index in [1.165, 1.54) is 52.8 Å². The molecule has 0 aliphatic heterocycles. The molecule has 0 aliphatic carbocycles. The van der Waals surface area contributed by atoms with Gasteiger partial charge in [-0.15, -0.1) is 11.3 Å². The van der Waals surface area contributed by atoms with Crippen LogP contribution < -0.4 is 0 Å². The minimum atomic E-state index is 0.695. The van der Waals surface area contributed by atoms with Crippen LogP contribution in [0.25, 0.3) is 109 Å². The SMILES string of the molecule is c1ccc(-c2cc(-c3c(-n4c5ccccc5c5ccccc54)cc(-n4c5ccccc5c5ccccc54)c4c3sc3ccccc34)nc(-c3ccccc3)n2)cc1. The number of rotatable bonds is 5. The fourth-order valence-electron chi connectivity index (χ4n) is 8.88. The monoisotopic (exact) mass is 744 g/mol. The van der Waals surface area contributed by atoms with Crippen LogP contribution in [0, 0.1) is 0 Å². The van der Waals surface area contributed by atoms with E-state index in [0.29, 0.717) is 5.82 Å². The molecule has 4 aromatic heterocycles. The van der Waals surface area contributed by atoms with Gasteiger partial charge in [0.15, 0.2) is 5.82 Å². The van der Waals surface area contributed by atoms with E-state index in [-0.39, 0.29) is 0 Å². The highest BCUT2D eigenvalue weighted by molar-refractivity contribution is 7.26. The molecule has 0 radical (unpaired) electrons. The number of benzene rings is 8. The van der Waals surface area contributed by atoms with Crippen molar-refractivity contribution in [2.45, 2.75) is 0 Å². The summed E-state index contributed by atoms with van der Waals surface area (Å²) in [4.78, 5) is 10.7. The first kappa shape index (κ1) is 32.0. The van der Waals surface area contributed by atoms with Crippen molar-refractivity contribution >= 4 is 75.1 Å². The maximum atomic E-state index is 5.52. The highest BCUT2D eigenvalue weighted by Crippen LogP contribution is 2.49. The van der Waals surface area contributed by atoms with Crippen molar-refractivity contribution in [1.82, 2.24) is 19.1 Å². The molecular weight excluding hydrogens is 713 g/mol. The Morgan fingerprint density at radius 2 is 0.807 bits per heavy atom. The predicted molar refractivity (Wildman–Crippen MR) is 240 cm³/mol. The largest absolute Gasteiger partial charge is 0.308 e. The van der Waals surface area contributed by atoms with Crippen LogP contribution in [0.3, 0.4) is 0 Å². The van der Waals surface area contributed by atoms with E-state index in [4.69, 9.17) is 9.97 Å². The zero-order chi connectivity index (χ0) is 37.5. The average molecular weight is 745 g/mol. The maximum absolute atomic E-state index is 5.52. The lowest BCUT2D eigenvalue weighted by molar-refractivity contribution is 1.14. The molecule has 0 fully saturated rings. The molecule has 4 heterocycles. The minimum Gasteiger partial charge on any atom is -0.308 e. The van der Waals surface area contributed by atoms with Crippen LogP contribution in [0.15, 0.2) is 194 Å². The highest BCUT2D eigenvalue weighted by Gasteiger charge is 2.26. The second kappa shape index (κ2) is 12.6. The standard InChI is InChI=1S/C52H32N4S/c1-3-17-33(18-4-1)40-31-41(54-52(53-40)34-19-5-2-6-20-34)50-47(56-44-28-14-9-23-37(44)38-24-10-15-29-45(38)56)32-46(49-39-25-11-16-30-48(39)57-51(49)50)55-42-26-12-7-21-35(42)36-22-8-13-27-43(36)55/h1-32H. The first-order valence-electron chi connectivity index (χ1n) is 19.3. The van der Waals surface area contributed by atoms with E-state index in [2.05, 4.69) is 197 Å². The van der Waals surface area contributed by atoms with Gasteiger partial charge < -0.3 is 9.13 Å². The van der Waals surface area contributed by atoms with Crippen LogP contribution in [-0.4, -0.2) is 19.1 Å². The van der Waals surface area contributed by atoms with Gasteiger partial charge in [-0.05, 0) is 42.5 Å². The molecule has 0 spiro atoms. The lowest BCUT2D eigenvalue weighted by Gasteiger charge is -2.20. The molecule has 12 rings (SSSR count). The summed E-state index contributed by atoms with van der Waals surface area (Å²) in [5.41, 5.74) is 11.7. The van der Waals surface area contributed by atoms with Gasteiger partial charge in [0.25, 0.3) is 0 Å². The number of nitrogens with zero attached hydrogens (tertiary/aromatic N) is 4. The zero-order valence-electron chi connectivity index (χ0n) is 30.7. The Labute approximate surface area is 332 Å². The average Bonchev–Trinajstić information content (AvgIpc) is 3.95. The quantitative estimate of drug-likeness (QED) is 0.176. The van der Waals surface area contributed by atoms with Crippen molar-refractivity contribution in [3.63, 3.8) is 0 Å². The summed E-state index contributed by atoms with van der Waals surface area (Å²) in [5.74, 6) is 0.695. The van der Waals surface area contributed by atoms with Crippen molar-refractivity contribution in [1.29, 1.82) is 0 Å². The molecule has 0 unspecified atom stereocenters. The van der Waals surface area contributed by atoms with Crippen LogP contribution in [0.5, 0.6) is 0 Å². The molecular formula is C52H32N4S. The van der Waals surface area contributed by atoms with Crippen LogP contribution in [0.2, 0.25) is 0 Å². The molecule has 0 aliphatic rings. The van der Waals surface area contributed by atoms with Gasteiger partial charge in [-0.2, -0.15) is 0 Å². The molecule has 8 aromatic carbocycles. The first-order chi connectivity index (χ1) is 28.3. The normalized spacial score (nSPS) is 11.9. The third kappa shape index (κ3) is 4.86. The van der Waals surface area contributed by atoms with Gasteiger partial charge in [-0.25, -0.2) is 9.97 Å². The van der Waals surface area contributed by atoms with Gasteiger partial charge in [-0.1, -0.05) is 152 Å².